The number of hydrogen-bond acceptors (Lipinski definition) is 3. The molecule has 1 amide bonds. The predicted molar refractivity (Wildman–Crippen MR) is 64.3 cm³/mol. The molecule has 0 heterocycles. The van der Waals surface area contributed by atoms with Gasteiger partial charge in [0.05, 0.1) is 5.92 Å². The Kier molecular flexibility index (Phi) is 5.06. The summed E-state index contributed by atoms with van der Waals surface area (Å²) < 4.78 is 43.4. The zero-order valence-electron chi connectivity index (χ0n) is 11.4. The number of halogens is 3. The van der Waals surface area contributed by atoms with Crippen LogP contribution in [0.5, 0.6) is 0 Å². The van der Waals surface area contributed by atoms with Crippen molar-refractivity contribution in [1.29, 1.82) is 0 Å². The van der Waals surface area contributed by atoms with E-state index in [-0.39, 0.29) is 6.42 Å². The van der Waals surface area contributed by atoms with E-state index in [9.17, 15) is 18.0 Å². The molecule has 1 rings (SSSR count). The summed E-state index contributed by atoms with van der Waals surface area (Å²) in [6, 6.07) is -0.790. The van der Waals surface area contributed by atoms with Crippen LogP contribution in [0.4, 0.5) is 18.0 Å². The molecule has 2 unspecified atom stereocenters. The van der Waals surface area contributed by atoms with Crippen molar-refractivity contribution in [1.82, 2.24) is 10.9 Å². The third-order valence-corrected chi connectivity index (χ3v) is 2.94. The first kappa shape index (κ1) is 16.1. The van der Waals surface area contributed by atoms with Crippen molar-refractivity contribution in [2.45, 2.75) is 64.3 Å². The molecular formula is C12H21F3N2O2. The van der Waals surface area contributed by atoms with Gasteiger partial charge in [-0.3, -0.25) is 5.43 Å². The molecule has 1 aliphatic carbocycles. The summed E-state index contributed by atoms with van der Waals surface area (Å²) in [7, 11) is 0. The van der Waals surface area contributed by atoms with E-state index in [0.29, 0.717) is 12.8 Å². The van der Waals surface area contributed by atoms with Crippen molar-refractivity contribution in [3.8, 4) is 0 Å². The number of alkyl halides is 3. The maximum absolute atomic E-state index is 12.8. The molecule has 4 nitrogen and oxygen atoms in total. The number of nitrogens with one attached hydrogen (secondary N) is 2. The molecule has 0 radical (unpaired) electrons. The molecule has 2 atom stereocenters. The molecule has 0 aromatic carbocycles. The van der Waals surface area contributed by atoms with Crippen LogP contribution in [0, 0.1) is 5.92 Å². The van der Waals surface area contributed by atoms with Gasteiger partial charge in [0.2, 0.25) is 0 Å². The van der Waals surface area contributed by atoms with Crippen molar-refractivity contribution in [3.05, 3.63) is 0 Å². The largest absolute Gasteiger partial charge is 0.443 e. The van der Waals surface area contributed by atoms with Crippen molar-refractivity contribution < 1.29 is 22.7 Å². The Morgan fingerprint density at radius 2 is 1.74 bits per heavy atom. The minimum Gasteiger partial charge on any atom is -0.443 e. The van der Waals surface area contributed by atoms with Crippen molar-refractivity contribution >= 4 is 6.09 Å². The van der Waals surface area contributed by atoms with Gasteiger partial charge in [0, 0.05) is 6.04 Å². The maximum Gasteiger partial charge on any atom is 0.422 e. The van der Waals surface area contributed by atoms with Gasteiger partial charge in [-0.05, 0) is 33.6 Å². The minimum absolute atomic E-state index is 0.0944. The van der Waals surface area contributed by atoms with Gasteiger partial charge in [0.15, 0.2) is 0 Å². The molecule has 112 valence electrons. The lowest BCUT2D eigenvalue weighted by Gasteiger charge is -2.33. The smallest absolute Gasteiger partial charge is 0.422 e. The number of carbonyl (C=O) groups excluding carboxylic acids is 1. The number of rotatable bonds is 2. The first-order chi connectivity index (χ1) is 8.59. The summed E-state index contributed by atoms with van der Waals surface area (Å²) in [5.41, 5.74) is 3.98. The molecule has 2 N–H and O–H groups in total. The summed E-state index contributed by atoms with van der Waals surface area (Å²) in [5.74, 6) is -1.42. The lowest BCUT2D eigenvalue weighted by atomic mass is 9.84. The second-order valence-corrected chi connectivity index (χ2v) is 5.81. The summed E-state index contributed by atoms with van der Waals surface area (Å²) >= 11 is 0. The quantitative estimate of drug-likeness (QED) is 0.765. The summed E-state index contributed by atoms with van der Waals surface area (Å²) in [6.07, 6.45) is -3.24. The van der Waals surface area contributed by atoms with E-state index in [0.717, 1.165) is 6.42 Å². The Morgan fingerprint density at radius 1 is 1.16 bits per heavy atom. The molecule has 1 aliphatic rings. The van der Waals surface area contributed by atoms with Gasteiger partial charge in [-0.15, -0.1) is 0 Å². The molecule has 0 bridgehead atoms. The van der Waals surface area contributed by atoms with Gasteiger partial charge < -0.3 is 4.74 Å². The van der Waals surface area contributed by atoms with Crippen LogP contribution in [-0.2, 0) is 4.74 Å². The lowest BCUT2D eigenvalue weighted by molar-refractivity contribution is -0.189. The molecule has 7 heteroatoms. The molecule has 0 saturated heterocycles. The van der Waals surface area contributed by atoms with Gasteiger partial charge in [0.1, 0.15) is 5.60 Å². The number of carbonyl (C=O) groups is 1. The minimum atomic E-state index is -4.24. The van der Waals surface area contributed by atoms with Crippen LogP contribution in [0.2, 0.25) is 0 Å². The second kappa shape index (κ2) is 5.98. The molecule has 1 fully saturated rings. The molecule has 0 aromatic rings. The highest BCUT2D eigenvalue weighted by atomic mass is 19.4. The van der Waals surface area contributed by atoms with Crippen molar-refractivity contribution in [3.63, 3.8) is 0 Å². The van der Waals surface area contributed by atoms with Crippen LogP contribution in [0.15, 0.2) is 0 Å². The van der Waals surface area contributed by atoms with Crippen molar-refractivity contribution in [2.24, 2.45) is 5.92 Å². The Labute approximate surface area is 111 Å². The van der Waals surface area contributed by atoms with Crippen LogP contribution < -0.4 is 10.9 Å². The SMILES string of the molecule is CC(C)(C)OC(=O)NNC1CCCCC1C(F)(F)F. The third kappa shape index (κ3) is 5.67. The van der Waals surface area contributed by atoms with E-state index in [1.807, 2.05) is 0 Å². The fourth-order valence-electron chi connectivity index (χ4n) is 2.15. The zero-order valence-corrected chi connectivity index (χ0v) is 11.4. The molecule has 0 spiro atoms. The maximum atomic E-state index is 12.8. The monoisotopic (exact) mass is 282 g/mol. The number of hydrogen-bond donors (Lipinski definition) is 2. The van der Waals surface area contributed by atoms with Crippen LogP contribution in [0.25, 0.3) is 0 Å². The lowest BCUT2D eigenvalue weighted by Crippen LogP contribution is -2.53. The predicted octanol–water partition coefficient (Wildman–Crippen LogP) is 3.14. The average molecular weight is 282 g/mol. The van der Waals surface area contributed by atoms with E-state index < -0.39 is 29.8 Å². The average Bonchev–Trinajstić information content (AvgIpc) is 2.23. The van der Waals surface area contributed by atoms with Crippen LogP contribution in [0.1, 0.15) is 46.5 Å². The van der Waals surface area contributed by atoms with Gasteiger partial charge >= 0.3 is 12.3 Å². The van der Waals surface area contributed by atoms with Crippen LogP contribution in [-0.4, -0.2) is 23.9 Å². The van der Waals surface area contributed by atoms with E-state index >= 15 is 0 Å². The van der Waals surface area contributed by atoms with E-state index in [1.165, 1.54) is 0 Å². The van der Waals surface area contributed by atoms with Gasteiger partial charge in [-0.25, -0.2) is 10.2 Å². The topological polar surface area (TPSA) is 50.4 Å². The third-order valence-electron chi connectivity index (χ3n) is 2.94. The van der Waals surface area contributed by atoms with Crippen LogP contribution in [0.3, 0.4) is 0 Å². The molecule has 1 saturated carbocycles. The molecular weight excluding hydrogens is 261 g/mol. The Balaban J connectivity index is 2.48. The highest BCUT2D eigenvalue weighted by Crippen LogP contribution is 2.37. The van der Waals surface area contributed by atoms with Crippen LogP contribution >= 0.6 is 0 Å². The molecule has 0 aromatic heterocycles. The zero-order chi connectivity index (χ0) is 14.7. The van der Waals surface area contributed by atoms with Gasteiger partial charge in [0.25, 0.3) is 0 Å². The van der Waals surface area contributed by atoms with Gasteiger partial charge in [-0.2, -0.15) is 13.2 Å². The van der Waals surface area contributed by atoms with E-state index in [4.69, 9.17) is 4.74 Å². The highest BCUT2D eigenvalue weighted by Gasteiger charge is 2.45. The normalized spacial score (nSPS) is 24.9. The summed E-state index contributed by atoms with van der Waals surface area (Å²) in [5, 5.41) is 0. The van der Waals surface area contributed by atoms with E-state index in [2.05, 4.69) is 10.9 Å². The second-order valence-electron chi connectivity index (χ2n) is 5.81. The molecule has 19 heavy (non-hydrogen) atoms. The standard InChI is InChI=1S/C12H21F3N2O2/c1-11(2,3)19-10(18)17-16-9-7-5-4-6-8(9)12(13,14)15/h8-9,16H,4-7H2,1-3H3,(H,17,18). The number of amides is 1. The number of ether oxygens (including phenoxy) is 1. The fourth-order valence-corrected chi connectivity index (χ4v) is 2.15. The Morgan fingerprint density at radius 3 is 2.26 bits per heavy atom. The first-order valence-corrected chi connectivity index (χ1v) is 6.41. The van der Waals surface area contributed by atoms with Gasteiger partial charge in [-0.1, -0.05) is 12.8 Å². The highest BCUT2D eigenvalue weighted by molar-refractivity contribution is 5.67. The summed E-state index contributed by atoms with van der Waals surface area (Å²) in [4.78, 5) is 11.4. The fraction of sp³-hybridized carbons (Fsp3) is 0.917. The Hall–Kier alpha value is -0.980. The molecule has 0 aliphatic heterocycles. The first-order valence-electron chi connectivity index (χ1n) is 6.41. The summed E-state index contributed by atoms with van der Waals surface area (Å²) in [6.45, 7) is 5.06. The van der Waals surface area contributed by atoms with E-state index in [1.54, 1.807) is 20.8 Å². The Bertz CT molecular complexity index is 313. The van der Waals surface area contributed by atoms with Crippen molar-refractivity contribution in [2.75, 3.05) is 0 Å². The number of hydrazine groups is 1.